The van der Waals surface area contributed by atoms with Crippen molar-refractivity contribution < 1.29 is 9.47 Å². The molecule has 0 saturated carbocycles. The van der Waals surface area contributed by atoms with E-state index < -0.39 is 0 Å². The molecular formula is C11H15ClO2S. The zero-order valence-electron chi connectivity index (χ0n) is 8.96. The van der Waals surface area contributed by atoms with Gasteiger partial charge in [0.2, 0.25) is 0 Å². The van der Waals surface area contributed by atoms with Crippen LogP contribution in [0.1, 0.15) is 20.7 Å². The van der Waals surface area contributed by atoms with E-state index >= 15 is 0 Å². The van der Waals surface area contributed by atoms with Gasteiger partial charge in [0.25, 0.3) is 0 Å². The molecule has 0 bridgehead atoms. The van der Waals surface area contributed by atoms with Crippen LogP contribution in [0.15, 0.2) is 6.07 Å². The molecule has 2 heterocycles. The number of thiophene rings is 1. The van der Waals surface area contributed by atoms with Crippen LogP contribution in [0.25, 0.3) is 0 Å². The smallest absolute Gasteiger partial charge is 0.102 e. The SMILES string of the molecule is Cc1cc(C)c(C(Cl)C2COCCO2)s1. The zero-order valence-corrected chi connectivity index (χ0v) is 10.5. The molecule has 1 aliphatic heterocycles. The van der Waals surface area contributed by atoms with Crippen LogP contribution >= 0.6 is 22.9 Å². The fourth-order valence-corrected chi connectivity index (χ4v) is 3.30. The summed E-state index contributed by atoms with van der Waals surface area (Å²) in [6.07, 6.45) is -0.00262. The first kappa shape index (κ1) is 11.4. The van der Waals surface area contributed by atoms with Crippen LogP contribution in [0.4, 0.5) is 0 Å². The number of hydrogen-bond acceptors (Lipinski definition) is 3. The summed E-state index contributed by atoms with van der Waals surface area (Å²) in [7, 11) is 0. The third-order valence-corrected chi connectivity index (χ3v) is 4.36. The van der Waals surface area contributed by atoms with Crippen LogP contribution < -0.4 is 0 Å². The molecule has 1 aromatic heterocycles. The molecule has 2 rings (SSSR count). The van der Waals surface area contributed by atoms with Crippen molar-refractivity contribution in [2.75, 3.05) is 19.8 Å². The fraction of sp³-hybridized carbons (Fsp3) is 0.636. The summed E-state index contributed by atoms with van der Waals surface area (Å²) in [5.41, 5.74) is 1.26. The Kier molecular flexibility index (Phi) is 3.67. The molecule has 84 valence electrons. The lowest BCUT2D eigenvalue weighted by molar-refractivity contribution is -0.0889. The minimum absolute atomic E-state index is 0.00262. The van der Waals surface area contributed by atoms with E-state index in [0.717, 1.165) is 0 Å². The van der Waals surface area contributed by atoms with Crippen molar-refractivity contribution in [3.8, 4) is 0 Å². The largest absolute Gasteiger partial charge is 0.376 e. The van der Waals surface area contributed by atoms with Gasteiger partial charge in [-0.25, -0.2) is 0 Å². The van der Waals surface area contributed by atoms with Crippen molar-refractivity contribution in [1.29, 1.82) is 0 Å². The number of hydrogen-bond donors (Lipinski definition) is 0. The van der Waals surface area contributed by atoms with Gasteiger partial charge in [-0.1, -0.05) is 0 Å². The summed E-state index contributed by atoms with van der Waals surface area (Å²) in [5, 5.41) is -0.0796. The van der Waals surface area contributed by atoms with Gasteiger partial charge in [0, 0.05) is 9.75 Å². The van der Waals surface area contributed by atoms with Gasteiger partial charge < -0.3 is 9.47 Å². The lowest BCUT2D eigenvalue weighted by atomic mass is 10.1. The Morgan fingerprint density at radius 2 is 2.27 bits per heavy atom. The second-order valence-electron chi connectivity index (χ2n) is 3.79. The number of aryl methyl sites for hydroxylation is 2. The Morgan fingerprint density at radius 3 is 2.80 bits per heavy atom. The average Bonchev–Trinajstić information content (AvgIpc) is 2.58. The van der Waals surface area contributed by atoms with Crippen molar-refractivity contribution in [2.24, 2.45) is 0 Å². The first-order chi connectivity index (χ1) is 7.18. The van der Waals surface area contributed by atoms with Gasteiger partial charge in [-0.2, -0.15) is 0 Å². The molecule has 2 nitrogen and oxygen atoms in total. The second-order valence-corrected chi connectivity index (χ2v) is 5.55. The quantitative estimate of drug-likeness (QED) is 0.747. The van der Waals surface area contributed by atoms with Gasteiger partial charge in [-0.15, -0.1) is 22.9 Å². The first-order valence-corrected chi connectivity index (χ1v) is 6.34. The standard InChI is InChI=1S/C11H15ClO2S/c1-7-5-8(2)15-11(7)10(12)9-6-13-3-4-14-9/h5,9-10H,3-4,6H2,1-2H3. The number of rotatable bonds is 2. The number of alkyl halides is 1. The molecule has 0 aromatic carbocycles. The zero-order chi connectivity index (χ0) is 10.8. The van der Waals surface area contributed by atoms with Crippen molar-refractivity contribution in [2.45, 2.75) is 25.3 Å². The summed E-state index contributed by atoms with van der Waals surface area (Å²) in [4.78, 5) is 2.51. The molecule has 1 saturated heterocycles. The normalized spacial score (nSPS) is 24.1. The minimum Gasteiger partial charge on any atom is -0.376 e. The Balaban J connectivity index is 2.12. The topological polar surface area (TPSA) is 18.5 Å². The average molecular weight is 247 g/mol. The molecule has 0 aliphatic carbocycles. The highest BCUT2D eigenvalue weighted by atomic mass is 35.5. The van der Waals surface area contributed by atoms with Gasteiger partial charge in [-0.3, -0.25) is 0 Å². The molecule has 15 heavy (non-hydrogen) atoms. The third-order valence-electron chi connectivity index (χ3n) is 2.50. The van der Waals surface area contributed by atoms with E-state index in [9.17, 15) is 0 Å². The van der Waals surface area contributed by atoms with E-state index in [0.29, 0.717) is 19.8 Å². The number of halogens is 1. The second kappa shape index (κ2) is 4.83. The van der Waals surface area contributed by atoms with Crippen LogP contribution in [-0.2, 0) is 9.47 Å². The Labute approximate surface area is 99.2 Å². The van der Waals surface area contributed by atoms with E-state index in [-0.39, 0.29) is 11.5 Å². The van der Waals surface area contributed by atoms with Crippen LogP contribution in [0.5, 0.6) is 0 Å². The molecule has 1 aromatic rings. The highest BCUT2D eigenvalue weighted by Gasteiger charge is 2.27. The van der Waals surface area contributed by atoms with Crippen molar-refractivity contribution in [3.63, 3.8) is 0 Å². The van der Waals surface area contributed by atoms with E-state index in [1.807, 2.05) is 0 Å². The van der Waals surface area contributed by atoms with E-state index in [4.69, 9.17) is 21.1 Å². The van der Waals surface area contributed by atoms with E-state index in [2.05, 4.69) is 19.9 Å². The molecule has 0 amide bonds. The third kappa shape index (κ3) is 2.53. The van der Waals surface area contributed by atoms with Crippen LogP contribution in [0.2, 0.25) is 0 Å². The van der Waals surface area contributed by atoms with Crippen molar-refractivity contribution >= 4 is 22.9 Å². The summed E-state index contributed by atoms with van der Waals surface area (Å²) >= 11 is 8.16. The molecule has 1 fully saturated rings. The van der Waals surface area contributed by atoms with Gasteiger partial charge in [-0.05, 0) is 25.5 Å². The van der Waals surface area contributed by atoms with Gasteiger partial charge in [0.15, 0.2) is 0 Å². The maximum Gasteiger partial charge on any atom is 0.102 e. The molecule has 0 spiro atoms. The molecular weight excluding hydrogens is 232 g/mol. The lowest BCUT2D eigenvalue weighted by Crippen LogP contribution is -2.31. The van der Waals surface area contributed by atoms with E-state index in [1.54, 1.807) is 11.3 Å². The summed E-state index contributed by atoms with van der Waals surface area (Å²) in [5.74, 6) is 0. The van der Waals surface area contributed by atoms with Gasteiger partial charge >= 0.3 is 0 Å². The summed E-state index contributed by atoms with van der Waals surface area (Å²) in [6, 6.07) is 2.17. The van der Waals surface area contributed by atoms with Crippen molar-refractivity contribution in [1.82, 2.24) is 0 Å². The Hall–Kier alpha value is -0.0900. The molecule has 4 heteroatoms. The Morgan fingerprint density at radius 1 is 1.47 bits per heavy atom. The van der Waals surface area contributed by atoms with Crippen LogP contribution in [0.3, 0.4) is 0 Å². The maximum absolute atomic E-state index is 6.41. The van der Waals surface area contributed by atoms with Crippen molar-refractivity contribution in [3.05, 3.63) is 21.4 Å². The first-order valence-electron chi connectivity index (χ1n) is 5.09. The van der Waals surface area contributed by atoms with Gasteiger partial charge in [0.05, 0.1) is 25.2 Å². The molecule has 0 N–H and O–H groups in total. The van der Waals surface area contributed by atoms with Gasteiger partial charge in [0.1, 0.15) is 6.10 Å². The highest BCUT2D eigenvalue weighted by Crippen LogP contribution is 2.35. The van der Waals surface area contributed by atoms with Crippen LogP contribution in [-0.4, -0.2) is 25.9 Å². The molecule has 2 unspecified atom stereocenters. The highest BCUT2D eigenvalue weighted by molar-refractivity contribution is 7.12. The summed E-state index contributed by atoms with van der Waals surface area (Å²) < 4.78 is 11.0. The molecule has 1 aliphatic rings. The fourth-order valence-electron chi connectivity index (χ4n) is 1.78. The lowest BCUT2D eigenvalue weighted by Gasteiger charge is -2.26. The predicted molar refractivity (Wildman–Crippen MR) is 62.9 cm³/mol. The molecule has 0 radical (unpaired) electrons. The van der Waals surface area contributed by atoms with E-state index in [1.165, 1.54) is 15.3 Å². The molecule has 2 atom stereocenters. The minimum atomic E-state index is -0.0796. The Bertz CT molecular complexity index is 331. The predicted octanol–water partition coefficient (Wildman–Crippen LogP) is 3.06. The maximum atomic E-state index is 6.41. The monoisotopic (exact) mass is 246 g/mol. The summed E-state index contributed by atoms with van der Waals surface area (Å²) in [6.45, 7) is 6.13. The number of ether oxygens (including phenoxy) is 2. The van der Waals surface area contributed by atoms with Crippen LogP contribution in [0, 0.1) is 13.8 Å².